The lowest BCUT2D eigenvalue weighted by Gasteiger charge is -2.08. The zero-order valence-electron chi connectivity index (χ0n) is 14.6. The van der Waals surface area contributed by atoms with E-state index in [0.29, 0.717) is 11.4 Å². The van der Waals surface area contributed by atoms with Gasteiger partial charge in [-0.05, 0) is 31.2 Å². The summed E-state index contributed by atoms with van der Waals surface area (Å²) >= 11 is 0. The minimum absolute atomic E-state index is 0.167. The maximum absolute atomic E-state index is 12.4. The molecule has 2 N–H and O–H groups in total. The SMILES string of the molecule is Cc1ccc(-c2ccc(=O)n(CC(=O)Nc3ccc4cn[nH]c4c3)n2)cc1. The number of amides is 1. The van der Waals surface area contributed by atoms with Crippen LogP contribution in [0.15, 0.2) is 65.6 Å². The van der Waals surface area contributed by atoms with Crippen molar-refractivity contribution in [3.63, 3.8) is 0 Å². The number of fused-ring (bicyclic) bond motifs is 1. The fourth-order valence-corrected chi connectivity index (χ4v) is 2.79. The zero-order chi connectivity index (χ0) is 18.8. The van der Waals surface area contributed by atoms with Gasteiger partial charge in [0.2, 0.25) is 5.91 Å². The molecule has 0 aliphatic rings. The predicted molar refractivity (Wildman–Crippen MR) is 103 cm³/mol. The lowest BCUT2D eigenvalue weighted by atomic mass is 10.1. The van der Waals surface area contributed by atoms with Gasteiger partial charge in [-0.15, -0.1) is 0 Å². The van der Waals surface area contributed by atoms with Gasteiger partial charge in [-0.25, -0.2) is 4.68 Å². The molecule has 0 atom stereocenters. The van der Waals surface area contributed by atoms with Gasteiger partial charge < -0.3 is 5.32 Å². The zero-order valence-corrected chi connectivity index (χ0v) is 14.6. The Bertz CT molecular complexity index is 1170. The Balaban J connectivity index is 1.54. The van der Waals surface area contributed by atoms with Crippen LogP contribution in [0.5, 0.6) is 0 Å². The molecule has 0 unspecified atom stereocenters. The second kappa shape index (κ2) is 6.87. The Labute approximate surface area is 154 Å². The van der Waals surface area contributed by atoms with Crippen LogP contribution in [0.1, 0.15) is 5.56 Å². The largest absolute Gasteiger partial charge is 0.324 e. The molecule has 4 rings (SSSR count). The molecule has 2 aromatic carbocycles. The van der Waals surface area contributed by atoms with E-state index in [-0.39, 0.29) is 18.0 Å². The Morgan fingerprint density at radius 3 is 2.74 bits per heavy atom. The first-order valence-corrected chi connectivity index (χ1v) is 8.47. The second-order valence-electron chi connectivity index (χ2n) is 6.30. The third-order valence-electron chi connectivity index (χ3n) is 4.23. The van der Waals surface area contributed by atoms with Gasteiger partial charge in [0.05, 0.1) is 17.4 Å². The third kappa shape index (κ3) is 3.62. The summed E-state index contributed by atoms with van der Waals surface area (Å²) in [5.74, 6) is -0.329. The highest BCUT2D eigenvalue weighted by atomic mass is 16.2. The molecule has 0 saturated carbocycles. The third-order valence-corrected chi connectivity index (χ3v) is 4.23. The van der Waals surface area contributed by atoms with Gasteiger partial charge in [0.25, 0.3) is 5.56 Å². The lowest BCUT2D eigenvalue weighted by Crippen LogP contribution is -2.29. The van der Waals surface area contributed by atoms with Crippen LogP contribution >= 0.6 is 0 Å². The molecule has 0 aliphatic carbocycles. The molecule has 4 aromatic rings. The average molecular weight is 359 g/mol. The van der Waals surface area contributed by atoms with E-state index in [4.69, 9.17) is 0 Å². The highest BCUT2D eigenvalue weighted by Crippen LogP contribution is 2.17. The normalized spacial score (nSPS) is 10.9. The van der Waals surface area contributed by atoms with Gasteiger partial charge in [0.15, 0.2) is 0 Å². The smallest absolute Gasteiger partial charge is 0.267 e. The van der Waals surface area contributed by atoms with Crippen LogP contribution in [0.25, 0.3) is 22.2 Å². The van der Waals surface area contributed by atoms with Crippen LogP contribution < -0.4 is 10.9 Å². The Kier molecular flexibility index (Phi) is 4.25. The van der Waals surface area contributed by atoms with E-state index in [9.17, 15) is 9.59 Å². The van der Waals surface area contributed by atoms with E-state index in [2.05, 4.69) is 20.6 Å². The fourth-order valence-electron chi connectivity index (χ4n) is 2.79. The van der Waals surface area contributed by atoms with E-state index >= 15 is 0 Å². The molecule has 0 spiro atoms. The van der Waals surface area contributed by atoms with Gasteiger partial charge in [-0.3, -0.25) is 14.7 Å². The number of rotatable bonds is 4. The number of benzene rings is 2. The molecular formula is C20H17N5O2. The molecule has 0 bridgehead atoms. The number of aromatic amines is 1. The molecule has 0 fully saturated rings. The number of H-pyrrole nitrogens is 1. The minimum Gasteiger partial charge on any atom is -0.324 e. The van der Waals surface area contributed by atoms with E-state index in [1.807, 2.05) is 37.3 Å². The van der Waals surface area contributed by atoms with E-state index in [0.717, 1.165) is 22.0 Å². The number of aryl methyl sites for hydroxylation is 1. The summed E-state index contributed by atoms with van der Waals surface area (Å²) < 4.78 is 1.17. The van der Waals surface area contributed by atoms with Gasteiger partial charge in [0, 0.05) is 22.7 Å². The molecule has 1 amide bonds. The van der Waals surface area contributed by atoms with Crippen LogP contribution in [-0.4, -0.2) is 25.9 Å². The number of nitrogens with zero attached hydrogens (tertiary/aromatic N) is 3. The molecule has 7 nitrogen and oxygen atoms in total. The molecule has 7 heteroatoms. The first kappa shape index (κ1) is 16.7. The summed E-state index contributed by atoms with van der Waals surface area (Å²) in [7, 11) is 0. The molecule has 0 aliphatic heterocycles. The molecule has 27 heavy (non-hydrogen) atoms. The number of anilines is 1. The van der Waals surface area contributed by atoms with Crippen molar-refractivity contribution in [2.24, 2.45) is 0 Å². The molecular weight excluding hydrogens is 342 g/mol. The predicted octanol–water partition coefficient (Wildman–Crippen LogP) is 2.73. The van der Waals surface area contributed by atoms with Crippen molar-refractivity contribution >= 4 is 22.5 Å². The summed E-state index contributed by atoms with van der Waals surface area (Å²) in [6.45, 7) is 1.84. The summed E-state index contributed by atoms with van der Waals surface area (Å²) in [5.41, 5.74) is 3.79. The van der Waals surface area contributed by atoms with Crippen LogP contribution in [0, 0.1) is 6.92 Å². The van der Waals surface area contributed by atoms with Crippen molar-refractivity contribution in [2.45, 2.75) is 13.5 Å². The highest BCUT2D eigenvalue weighted by molar-refractivity contribution is 5.93. The number of hydrogen-bond donors (Lipinski definition) is 2. The van der Waals surface area contributed by atoms with Crippen molar-refractivity contribution in [2.75, 3.05) is 5.32 Å². The quantitative estimate of drug-likeness (QED) is 0.586. The van der Waals surface area contributed by atoms with E-state index in [1.54, 1.807) is 24.4 Å². The number of aromatic nitrogens is 4. The Morgan fingerprint density at radius 1 is 1.11 bits per heavy atom. The van der Waals surface area contributed by atoms with Gasteiger partial charge in [-0.2, -0.15) is 10.2 Å². The van der Waals surface area contributed by atoms with Crippen molar-refractivity contribution in [1.82, 2.24) is 20.0 Å². The fraction of sp³-hybridized carbons (Fsp3) is 0.100. The summed E-state index contributed by atoms with van der Waals surface area (Å²) in [4.78, 5) is 24.5. The van der Waals surface area contributed by atoms with Crippen LogP contribution in [0.4, 0.5) is 5.69 Å². The number of hydrogen-bond acceptors (Lipinski definition) is 4. The average Bonchev–Trinajstić information content (AvgIpc) is 3.12. The first-order valence-electron chi connectivity index (χ1n) is 8.47. The van der Waals surface area contributed by atoms with Crippen LogP contribution in [-0.2, 0) is 11.3 Å². The standard InChI is InChI=1S/C20H17N5O2/c1-13-2-4-14(5-3-13)17-8-9-20(27)25(24-17)12-19(26)22-16-7-6-15-11-21-23-18(15)10-16/h2-11H,12H2,1H3,(H,21,23)(H,22,26). The summed E-state index contributed by atoms with van der Waals surface area (Å²) in [6, 6.07) is 16.3. The number of nitrogens with one attached hydrogen (secondary N) is 2. The van der Waals surface area contributed by atoms with Crippen molar-refractivity contribution < 1.29 is 4.79 Å². The van der Waals surface area contributed by atoms with Crippen molar-refractivity contribution in [3.8, 4) is 11.3 Å². The molecule has 134 valence electrons. The maximum atomic E-state index is 12.4. The summed E-state index contributed by atoms with van der Waals surface area (Å²) in [6.07, 6.45) is 1.71. The van der Waals surface area contributed by atoms with E-state index < -0.39 is 0 Å². The number of carbonyl (C=O) groups is 1. The lowest BCUT2D eigenvalue weighted by molar-refractivity contribution is -0.117. The monoisotopic (exact) mass is 359 g/mol. The van der Waals surface area contributed by atoms with Crippen molar-refractivity contribution in [1.29, 1.82) is 0 Å². The first-order chi connectivity index (χ1) is 13.1. The summed E-state index contributed by atoms with van der Waals surface area (Å²) in [5, 5.41) is 14.9. The Hall–Kier alpha value is -3.74. The van der Waals surface area contributed by atoms with Gasteiger partial charge >= 0.3 is 0 Å². The molecule has 0 radical (unpaired) electrons. The molecule has 2 aromatic heterocycles. The topological polar surface area (TPSA) is 92.7 Å². The highest BCUT2D eigenvalue weighted by Gasteiger charge is 2.09. The van der Waals surface area contributed by atoms with E-state index in [1.165, 1.54) is 10.7 Å². The molecule has 0 saturated heterocycles. The van der Waals surface area contributed by atoms with Gasteiger partial charge in [0.1, 0.15) is 6.54 Å². The van der Waals surface area contributed by atoms with Crippen LogP contribution in [0.2, 0.25) is 0 Å². The Morgan fingerprint density at radius 2 is 1.93 bits per heavy atom. The minimum atomic E-state index is -0.329. The molecule has 2 heterocycles. The van der Waals surface area contributed by atoms with Crippen LogP contribution in [0.3, 0.4) is 0 Å². The van der Waals surface area contributed by atoms with Crippen molar-refractivity contribution in [3.05, 3.63) is 76.7 Å². The second-order valence-corrected chi connectivity index (χ2v) is 6.30. The maximum Gasteiger partial charge on any atom is 0.267 e. The number of carbonyl (C=O) groups excluding carboxylic acids is 1. The van der Waals surface area contributed by atoms with Gasteiger partial charge in [-0.1, -0.05) is 29.8 Å².